The lowest BCUT2D eigenvalue weighted by Crippen LogP contribution is -2.07. The van der Waals surface area contributed by atoms with Gasteiger partial charge in [-0.05, 0) is 49.2 Å². The van der Waals surface area contributed by atoms with E-state index in [4.69, 9.17) is 4.74 Å². The van der Waals surface area contributed by atoms with Gasteiger partial charge < -0.3 is 10.1 Å². The Bertz CT molecular complexity index is 659. The van der Waals surface area contributed by atoms with Crippen molar-refractivity contribution in [2.45, 2.75) is 27.2 Å². The Hall–Kier alpha value is -2.14. The van der Waals surface area contributed by atoms with E-state index in [1.165, 1.54) is 23.1 Å². The van der Waals surface area contributed by atoms with E-state index in [0.717, 1.165) is 12.0 Å². The minimum atomic E-state index is -0.352. The summed E-state index contributed by atoms with van der Waals surface area (Å²) < 4.78 is 5.33. The maximum absolute atomic E-state index is 12.1. The Morgan fingerprint density at radius 3 is 2.43 bits per heavy atom. The van der Waals surface area contributed by atoms with Crippen molar-refractivity contribution in [1.82, 2.24) is 0 Å². The molecule has 0 aliphatic heterocycles. The van der Waals surface area contributed by atoms with Crippen molar-refractivity contribution >= 4 is 28.9 Å². The normalized spacial score (nSPS) is 10.2. The first-order chi connectivity index (χ1) is 9.99. The van der Waals surface area contributed by atoms with Crippen molar-refractivity contribution in [2.24, 2.45) is 0 Å². The Morgan fingerprint density at radius 2 is 1.90 bits per heavy atom. The van der Waals surface area contributed by atoms with Crippen LogP contribution >= 0.6 is 11.3 Å². The van der Waals surface area contributed by atoms with E-state index in [0.29, 0.717) is 16.3 Å². The minimum Gasteiger partial charge on any atom is -0.422 e. The number of nitrogens with one attached hydrogen (secondary N) is 1. The molecular weight excluding hydrogens is 286 g/mol. The molecule has 2 rings (SSSR count). The Morgan fingerprint density at radius 1 is 1.24 bits per heavy atom. The first-order valence-electron chi connectivity index (χ1n) is 6.68. The summed E-state index contributed by atoms with van der Waals surface area (Å²) in [5, 5.41) is 2.66. The van der Waals surface area contributed by atoms with Crippen LogP contribution in [0.25, 0.3) is 0 Å². The summed E-state index contributed by atoms with van der Waals surface area (Å²) in [6, 6.07) is 8.56. The van der Waals surface area contributed by atoms with Crippen LogP contribution in [-0.2, 0) is 11.2 Å². The van der Waals surface area contributed by atoms with E-state index in [9.17, 15) is 9.59 Å². The van der Waals surface area contributed by atoms with Crippen LogP contribution < -0.4 is 10.1 Å². The highest BCUT2D eigenvalue weighted by atomic mass is 32.1. The molecule has 2 aromatic rings. The van der Waals surface area contributed by atoms with E-state index in [1.54, 1.807) is 24.3 Å². The Labute approximate surface area is 127 Å². The van der Waals surface area contributed by atoms with Gasteiger partial charge in [-0.3, -0.25) is 4.79 Å². The van der Waals surface area contributed by atoms with Crippen LogP contribution in [0, 0.1) is 6.92 Å². The van der Waals surface area contributed by atoms with Gasteiger partial charge in [0.2, 0.25) is 5.91 Å². The maximum atomic E-state index is 12.1. The van der Waals surface area contributed by atoms with Crippen molar-refractivity contribution in [2.75, 3.05) is 5.32 Å². The molecule has 0 atom stereocenters. The Kier molecular flexibility index (Phi) is 4.75. The second kappa shape index (κ2) is 6.54. The topological polar surface area (TPSA) is 55.4 Å². The molecule has 0 radical (unpaired) electrons. The lowest BCUT2D eigenvalue weighted by atomic mass is 10.2. The maximum Gasteiger partial charge on any atom is 0.353 e. The number of anilines is 1. The third kappa shape index (κ3) is 3.92. The van der Waals surface area contributed by atoms with Gasteiger partial charge in [0, 0.05) is 17.5 Å². The fourth-order valence-corrected chi connectivity index (χ4v) is 2.93. The molecule has 1 aromatic heterocycles. The van der Waals surface area contributed by atoms with E-state index in [2.05, 4.69) is 12.2 Å². The monoisotopic (exact) mass is 303 g/mol. The first kappa shape index (κ1) is 15.3. The summed E-state index contributed by atoms with van der Waals surface area (Å²) in [5.74, 6) is -0.0332. The van der Waals surface area contributed by atoms with Crippen molar-refractivity contribution in [3.05, 3.63) is 45.6 Å². The number of hydrogen-bond donors (Lipinski definition) is 1. The van der Waals surface area contributed by atoms with Crippen LogP contribution in [0.2, 0.25) is 0 Å². The zero-order valence-corrected chi connectivity index (χ0v) is 13.0. The fraction of sp³-hybridized carbons (Fsp3) is 0.250. The van der Waals surface area contributed by atoms with E-state index in [1.807, 2.05) is 13.0 Å². The number of thiophene rings is 1. The predicted octanol–water partition coefficient (Wildman–Crippen LogP) is 3.80. The molecule has 5 heteroatoms. The number of hydrogen-bond acceptors (Lipinski definition) is 4. The summed E-state index contributed by atoms with van der Waals surface area (Å²) in [6.45, 7) is 5.50. The highest BCUT2D eigenvalue weighted by Gasteiger charge is 2.13. The summed E-state index contributed by atoms with van der Waals surface area (Å²) in [6.07, 6.45) is 0.912. The molecule has 0 unspecified atom stereocenters. The number of ether oxygens (including phenoxy) is 1. The van der Waals surface area contributed by atoms with Gasteiger partial charge in [0.15, 0.2) is 0 Å². The second-order valence-corrected chi connectivity index (χ2v) is 5.80. The molecule has 0 saturated carbocycles. The summed E-state index contributed by atoms with van der Waals surface area (Å²) in [5.41, 5.74) is 1.79. The van der Waals surface area contributed by atoms with Crippen LogP contribution in [0.5, 0.6) is 5.75 Å². The van der Waals surface area contributed by atoms with Crippen LogP contribution in [0.3, 0.4) is 0 Å². The largest absolute Gasteiger partial charge is 0.422 e. The molecule has 0 bridgehead atoms. The SMILES string of the molecule is CCc1sc(C(=O)Oc2ccc(NC(C)=O)cc2)cc1C. The summed E-state index contributed by atoms with van der Waals surface area (Å²) in [7, 11) is 0. The number of carbonyl (C=O) groups excluding carboxylic acids is 2. The molecular formula is C16H17NO3S. The van der Waals surface area contributed by atoms with Gasteiger partial charge in [-0.15, -0.1) is 11.3 Å². The van der Waals surface area contributed by atoms with Gasteiger partial charge in [-0.25, -0.2) is 4.79 Å². The average molecular weight is 303 g/mol. The molecule has 110 valence electrons. The zero-order chi connectivity index (χ0) is 15.4. The third-order valence-corrected chi connectivity index (χ3v) is 4.29. The van der Waals surface area contributed by atoms with Gasteiger partial charge in [-0.2, -0.15) is 0 Å². The van der Waals surface area contributed by atoms with Crippen molar-refractivity contribution in [3.63, 3.8) is 0 Å². The average Bonchev–Trinajstić information content (AvgIpc) is 2.82. The van der Waals surface area contributed by atoms with Crippen molar-refractivity contribution < 1.29 is 14.3 Å². The third-order valence-electron chi connectivity index (χ3n) is 2.93. The van der Waals surface area contributed by atoms with Gasteiger partial charge in [0.05, 0.1) is 0 Å². The molecule has 1 N–H and O–H groups in total. The van der Waals surface area contributed by atoms with E-state index < -0.39 is 0 Å². The molecule has 0 aliphatic carbocycles. The summed E-state index contributed by atoms with van der Waals surface area (Å²) >= 11 is 1.47. The smallest absolute Gasteiger partial charge is 0.353 e. The predicted molar refractivity (Wildman–Crippen MR) is 84.1 cm³/mol. The number of amides is 1. The van der Waals surface area contributed by atoms with Crippen LogP contribution in [0.15, 0.2) is 30.3 Å². The molecule has 4 nitrogen and oxygen atoms in total. The van der Waals surface area contributed by atoms with Crippen molar-refractivity contribution in [3.8, 4) is 5.75 Å². The van der Waals surface area contributed by atoms with Gasteiger partial charge in [0.25, 0.3) is 0 Å². The lowest BCUT2D eigenvalue weighted by molar-refractivity contribution is -0.114. The molecule has 1 heterocycles. The number of esters is 1. The molecule has 0 spiro atoms. The summed E-state index contributed by atoms with van der Waals surface area (Å²) in [4.78, 5) is 24.8. The molecule has 0 saturated heterocycles. The number of carbonyl (C=O) groups is 2. The Balaban J connectivity index is 2.06. The lowest BCUT2D eigenvalue weighted by Gasteiger charge is -2.05. The highest BCUT2D eigenvalue weighted by Crippen LogP contribution is 2.24. The molecule has 1 amide bonds. The van der Waals surface area contributed by atoms with E-state index >= 15 is 0 Å². The van der Waals surface area contributed by atoms with Crippen molar-refractivity contribution in [1.29, 1.82) is 0 Å². The van der Waals surface area contributed by atoms with Gasteiger partial charge in [-0.1, -0.05) is 6.92 Å². The zero-order valence-electron chi connectivity index (χ0n) is 12.2. The second-order valence-electron chi connectivity index (χ2n) is 4.67. The standard InChI is InChI=1S/C16H17NO3S/c1-4-14-10(2)9-15(21-14)16(19)20-13-7-5-12(6-8-13)17-11(3)18/h5-9H,4H2,1-3H3,(H,17,18). The van der Waals surface area contributed by atoms with Crippen LogP contribution in [-0.4, -0.2) is 11.9 Å². The fourth-order valence-electron chi connectivity index (χ4n) is 1.94. The molecule has 21 heavy (non-hydrogen) atoms. The number of benzene rings is 1. The highest BCUT2D eigenvalue weighted by molar-refractivity contribution is 7.14. The number of aryl methyl sites for hydroxylation is 2. The molecule has 1 aromatic carbocycles. The molecule has 0 aliphatic rings. The van der Waals surface area contributed by atoms with Crippen LogP contribution in [0.4, 0.5) is 5.69 Å². The molecule has 0 fully saturated rings. The quantitative estimate of drug-likeness (QED) is 0.690. The number of rotatable bonds is 4. The van der Waals surface area contributed by atoms with Crippen LogP contribution in [0.1, 0.15) is 34.0 Å². The van der Waals surface area contributed by atoms with Gasteiger partial charge >= 0.3 is 5.97 Å². The first-order valence-corrected chi connectivity index (χ1v) is 7.50. The van der Waals surface area contributed by atoms with Gasteiger partial charge in [0.1, 0.15) is 10.6 Å². The van der Waals surface area contributed by atoms with E-state index in [-0.39, 0.29) is 11.9 Å². The minimum absolute atomic E-state index is 0.138.